The first kappa shape index (κ1) is 21.1. The number of aromatic nitrogens is 4. The Labute approximate surface area is 199 Å². The van der Waals surface area contributed by atoms with Gasteiger partial charge in [0.2, 0.25) is 0 Å². The lowest BCUT2D eigenvalue weighted by atomic mass is 9.87. The summed E-state index contributed by atoms with van der Waals surface area (Å²) < 4.78 is 1.72. The summed E-state index contributed by atoms with van der Waals surface area (Å²) in [7, 11) is 1.86. The van der Waals surface area contributed by atoms with Crippen molar-refractivity contribution in [2.24, 2.45) is 7.05 Å². The van der Waals surface area contributed by atoms with Crippen LogP contribution in [0.3, 0.4) is 0 Å². The highest BCUT2D eigenvalue weighted by Crippen LogP contribution is 2.36. The van der Waals surface area contributed by atoms with Gasteiger partial charge in [-0.15, -0.1) is 0 Å². The van der Waals surface area contributed by atoms with Crippen molar-refractivity contribution in [1.29, 1.82) is 0 Å². The number of benzene rings is 1. The Morgan fingerprint density at radius 2 is 2.06 bits per heavy atom. The van der Waals surface area contributed by atoms with Crippen molar-refractivity contribution in [2.45, 2.75) is 45.7 Å². The zero-order valence-corrected chi connectivity index (χ0v) is 20.0. The lowest BCUT2D eigenvalue weighted by Gasteiger charge is -2.32. The fraction of sp³-hybridized carbons (Fsp3) is 0.370. The summed E-state index contributed by atoms with van der Waals surface area (Å²) in [4.78, 5) is 23.2. The topological polar surface area (TPSA) is 78.8 Å². The predicted molar refractivity (Wildman–Crippen MR) is 133 cm³/mol. The van der Waals surface area contributed by atoms with Gasteiger partial charge in [-0.05, 0) is 79.6 Å². The fourth-order valence-electron chi connectivity index (χ4n) is 5.57. The van der Waals surface area contributed by atoms with Crippen LogP contribution in [-0.2, 0) is 20.0 Å². The molecule has 1 atom stereocenters. The van der Waals surface area contributed by atoms with Gasteiger partial charge >= 0.3 is 0 Å². The molecule has 174 valence electrons. The molecule has 0 spiro atoms. The molecule has 0 bridgehead atoms. The quantitative estimate of drug-likeness (QED) is 0.486. The first-order valence-corrected chi connectivity index (χ1v) is 12.1. The maximum atomic E-state index is 13.3. The predicted octanol–water partition coefficient (Wildman–Crippen LogP) is 4.20. The summed E-state index contributed by atoms with van der Waals surface area (Å²) in [5.41, 5.74) is 9.95. The van der Waals surface area contributed by atoms with E-state index in [2.05, 4.69) is 45.5 Å². The van der Waals surface area contributed by atoms with E-state index in [1.165, 1.54) is 39.6 Å². The molecule has 5 heterocycles. The lowest BCUT2D eigenvalue weighted by Crippen LogP contribution is -2.37. The maximum absolute atomic E-state index is 13.3. The highest BCUT2D eigenvalue weighted by molar-refractivity contribution is 5.95. The van der Waals surface area contributed by atoms with Gasteiger partial charge in [-0.25, -0.2) is 4.98 Å². The molecule has 0 radical (unpaired) electrons. The minimum absolute atomic E-state index is 0.0724. The van der Waals surface area contributed by atoms with Crippen LogP contribution in [0.15, 0.2) is 36.8 Å². The Morgan fingerprint density at radius 1 is 1.18 bits per heavy atom. The number of nitrogens with one attached hydrogen (secondary N) is 2. The molecular formula is C27H30N6O. The van der Waals surface area contributed by atoms with Gasteiger partial charge in [0.05, 0.1) is 11.3 Å². The SMILES string of the molecule is Cc1nn(C)cc1C(=O)N1CCc2cc(-c3cnc4[nH]cc(C)c4c3)cc([C@@H]3CCCN3)c2C1. The Hall–Kier alpha value is -3.45. The van der Waals surface area contributed by atoms with Crippen LogP contribution in [0.1, 0.15) is 57.2 Å². The highest BCUT2D eigenvalue weighted by atomic mass is 16.2. The van der Waals surface area contributed by atoms with Crippen molar-refractivity contribution in [3.63, 3.8) is 0 Å². The number of hydrogen-bond acceptors (Lipinski definition) is 4. The molecule has 2 N–H and O–H groups in total. The van der Waals surface area contributed by atoms with Gasteiger partial charge in [0.15, 0.2) is 0 Å². The first-order valence-electron chi connectivity index (χ1n) is 12.1. The van der Waals surface area contributed by atoms with Gasteiger partial charge in [-0.3, -0.25) is 9.48 Å². The van der Waals surface area contributed by atoms with Crippen LogP contribution in [0, 0.1) is 13.8 Å². The summed E-state index contributed by atoms with van der Waals surface area (Å²) >= 11 is 0. The van der Waals surface area contributed by atoms with E-state index in [1.54, 1.807) is 4.68 Å². The van der Waals surface area contributed by atoms with E-state index in [0.29, 0.717) is 18.2 Å². The van der Waals surface area contributed by atoms with Crippen LogP contribution in [0.25, 0.3) is 22.2 Å². The van der Waals surface area contributed by atoms with Crippen molar-refractivity contribution in [3.05, 3.63) is 70.3 Å². The Balaban J connectivity index is 1.40. The number of pyridine rings is 1. The molecule has 3 aromatic heterocycles. The monoisotopic (exact) mass is 454 g/mol. The maximum Gasteiger partial charge on any atom is 0.257 e. The zero-order valence-electron chi connectivity index (χ0n) is 20.0. The third kappa shape index (κ3) is 3.51. The van der Waals surface area contributed by atoms with E-state index < -0.39 is 0 Å². The number of carbonyl (C=O) groups excluding carboxylic acids is 1. The normalized spacial score (nSPS) is 18.0. The molecule has 1 saturated heterocycles. The Morgan fingerprint density at radius 3 is 2.82 bits per heavy atom. The van der Waals surface area contributed by atoms with Crippen LogP contribution in [-0.4, -0.2) is 43.6 Å². The van der Waals surface area contributed by atoms with E-state index in [0.717, 1.165) is 42.8 Å². The summed E-state index contributed by atoms with van der Waals surface area (Å²) in [6.07, 6.45) is 8.97. The Kier molecular flexibility index (Phi) is 5.03. The molecule has 2 aliphatic rings. The largest absolute Gasteiger partial charge is 0.346 e. The minimum Gasteiger partial charge on any atom is -0.346 e. The van der Waals surface area contributed by atoms with Gasteiger partial charge < -0.3 is 15.2 Å². The summed E-state index contributed by atoms with van der Waals surface area (Å²) in [6.45, 7) is 6.42. The van der Waals surface area contributed by atoms with Crippen LogP contribution in [0.2, 0.25) is 0 Å². The van der Waals surface area contributed by atoms with Gasteiger partial charge in [0.1, 0.15) is 5.65 Å². The molecule has 0 aliphatic carbocycles. The molecule has 1 aromatic carbocycles. The van der Waals surface area contributed by atoms with E-state index in [4.69, 9.17) is 0 Å². The van der Waals surface area contributed by atoms with Crippen molar-refractivity contribution < 1.29 is 4.79 Å². The number of amides is 1. The molecule has 0 unspecified atom stereocenters. The average Bonchev–Trinajstić information content (AvgIpc) is 3.58. The summed E-state index contributed by atoms with van der Waals surface area (Å²) in [5.74, 6) is 0.0724. The smallest absolute Gasteiger partial charge is 0.257 e. The lowest BCUT2D eigenvalue weighted by molar-refractivity contribution is 0.0733. The van der Waals surface area contributed by atoms with Crippen molar-refractivity contribution in [2.75, 3.05) is 13.1 Å². The number of rotatable bonds is 3. The number of aromatic amines is 1. The van der Waals surface area contributed by atoms with Gasteiger partial charge in [-0.2, -0.15) is 5.10 Å². The zero-order chi connectivity index (χ0) is 23.4. The average molecular weight is 455 g/mol. The van der Waals surface area contributed by atoms with E-state index in [9.17, 15) is 4.79 Å². The summed E-state index contributed by atoms with van der Waals surface area (Å²) in [5, 5.41) is 9.23. The van der Waals surface area contributed by atoms with Gasteiger partial charge in [0, 0.05) is 55.7 Å². The number of H-pyrrole nitrogens is 1. The van der Waals surface area contributed by atoms with Gasteiger partial charge in [0.25, 0.3) is 5.91 Å². The minimum atomic E-state index is 0.0724. The number of fused-ring (bicyclic) bond motifs is 2. The van der Waals surface area contributed by atoms with E-state index >= 15 is 0 Å². The van der Waals surface area contributed by atoms with Crippen LogP contribution in [0.4, 0.5) is 0 Å². The van der Waals surface area contributed by atoms with Crippen LogP contribution >= 0.6 is 0 Å². The molecule has 0 saturated carbocycles. The Bertz CT molecular complexity index is 1410. The van der Waals surface area contributed by atoms with E-state index in [1.807, 2.05) is 37.5 Å². The number of hydrogen-bond donors (Lipinski definition) is 2. The molecule has 34 heavy (non-hydrogen) atoms. The summed E-state index contributed by atoms with van der Waals surface area (Å²) in [6, 6.07) is 7.21. The second-order valence-electron chi connectivity index (χ2n) is 9.72. The molecule has 7 heteroatoms. The van der Waals surface area contributed by atoms with Gasteiger partial charge in [-0.1, -0.05) is 6.07 Å². The molecule has 1 amide bonds. The van der Waals surface area contributed by atoms with Crippen LogP contribution < -0.4 is 5.32 Å². The third-order valence-electron chi connectivity index (χ3n) is 7.41. The molecule has 4 aromatic rings. The second kappa shape index (κ2) is 8.09. The fourth-order valence-corrected chi connectivity index (χ4v) is 5.57. The van der Waals surface area contributed by atoms with E-state index in [-0.39, 0.29) is 5.91 Å². The number of nitrogens with zero attached hydrogens (tertiary/aromatic N) is 4. The standard InChI is InChI=1S/C27H30N6O/c1-16-12-29-26-21(16)11-20(13-30-26)19-9-18-6-8-33(27(34)23-14-32(3)31-17(23)2)15-24(18)22(10-19)25-5-4-7-28-25/h9-14,25,28H,4-8,15H2,1-3H3,(H,29,30)/t25-/m0/s1. The highest BCUT2D eigenvalue weighted by Gasteiger charge is 2.29. The van der Waals surface area contributed by atoms with Crippen molar-refractivity contribution in [3.8, 4) is 11.1 Å². The first-order chi connectivity index (χ1) is 16.5. The molecule has 1 fully saturated rings. The molecule has 6 rings (SSSR count). The third-order valence-corrected chi connectivity index (χ3v) is 7.41. The van der Waals surface area contributed by atoms with Crippen molar-refractivity contribution in [1.82, 2.24) is 30.0 Å². The number of carbonyl (C=O) groups is 1. The van der Waals surface area contributed by atoms with Crippen molar-refractivity contribution >= 4 is 16.9 Å². The number of aryl methyl sites for hydroxylation is 3. The van der Waals surface area contributed by atoms with Crippen LogP contribution in [0.5, 0.6) is 0 Å². The second-order valence-corrected chi connectivity index (χ2v) is 9.72. The molecular weight excluding hydrogens is 424 g/mol. The molecule has 7 nitrogen and oxygen atoms in total. The molecule has 2 aliphatic heterocycles.